The lowest BCUT2D eigenvalue weighted by atomic mass is 10.0. The number of methoxy groups -OCH3 is 1. The van der Waals surface area contributed by atoms with E-state index >= 15 is 0 Å². The van der Waals surface area contributed by atoms with E-state index in [4.69, 9.17) is 9.47 Å². The normalized spacial score (nSPS) is 21.8. The summed E-state index contributed by atoms with van der Waals surface area (Å²) in [5, 5.41) is 0. The van der Waals surface area contributed by atoms with Crippen molar-refractivity contribution in [3.63, 3.8) is 0 Å². The molecule has 0 saturated carbocycles. The number of hydrogen-bond acceptors (Lipinski definition) is 5. The molecule has 0 amide bonds. The highest BCUT2D eigenvalue weighted by Gasteiger charge is 2.43. The van der Waals surface area contributed by atoms with E-state index in [0.29, 0.717) is 6.61 Å². The quantitative estimate of drug-likeness (QED) is 0.700. The van der Waals surface area contributed by atoms with Crippen LogP contribution in [0, 0.1) is 0 Å². The molecule has 0 bridgehead atoms. The average Bonchev–Trinajstić information content (AvgIpc) is 3.33. The van der Waals surface area contributed by atoms with Gasteiger partial charge in [0.05, 0.1) is 25.5 Å². The SMILES string of the molecule is COc1ccc(-c2cnc3n2C[C@@]2(CCN(Cc4ccncc4)C2)OC3)cc1. The Morgan fingerprint density at radius 1 is 1.11 bits per heavy atom. The number of ether oxygens (including phenoxy) is 2. The van der Waals surface area contributed by atoms with Crippen LogP contribution in [-0.2, 0) is 24.4 Å². The van der Waals surface area contributed by atoms with Crippen molar-refractivity contribution in [1.82, 2.24) is 19.4 Å². The summed E-state index contributed by atoms with van der Waals surface area (Å²) in [6, 6.07) is 12.4. The summed E-state index contributed by atoms with van der Waals surface area (Å²) in [4.78, 5) is 11.2. The topological polar surface area (TPSA) is 52.4 Å². The Labute approximate surface area is 164 Å². The molecule has 1 atom stereocenters. The second-order valence-corrected chi connectivity index (χ2v) is 7.66. The van der Waals surface area contributed by atoms with Crippen LogP contribution >= 0.6 is 0 Å². The molecule has 0 unspecified atom stereocenters. The minimum atomic E-state index is -0.137. The van der Waals surface area contributed by atoms with Crippen LogP contribution in [0.2, 0.25) is 0 Å². The number of pyridine rings is 1. The van der Waals surface area contributed by atoms with Crippen molar-refractivity contribution < 1.29 is 9.47 Å². The van der Waals surface area contributed by atoms with Gasteiger partial charge in [0.25, 0.3) is 0 Å². The first-order valence-electron chi connectivity index (χ1n) is 9.69. The highest BCUT2D eigenvalue weighted by Crippen LogP contribution is 2.35. The zero-order valence-corrected chi connectivity index (χ0v) is 16.0. The summed E-state index contributed by atoms with van der Waals surface area (Å²) in [5.41, 5.74) is 3.46. The third-order valence-corrected chi connectivity index (χ3v) is 5.83. The molecule has 144 valence electrons. The van der Waals surface area contributed by atoms with Gasteiger partial charge >= 0.3 is 0 Å². The molecule has 4 heterocycles. The number of aromatic nitrogens is 3. The van der Waals surface area contributed by atoms with Crippen molar-refractivity contribution in [2.75, 3.05) is 20.2 Å². The molecule has 1 saturated heterocycles. The van der Waals surface area contributed by atoms with E-state index < -0.39 is 0 Å². The Kier molecular flexibility index (Phi) is 4.37. The Hall–Kier alpha value is -2.70. The van der Waals surface area contributed by atoms with Crippen LogP contribution < -0.4 is 4.74 Å². The van der Waals surface area contributed by atoms with Gasteiger partial charge < -0.3 is 14.0 Å². The van der Waals surface area contributed by atoms with Crippen molar-refractivity contribution >= 4 is 0 Å². The average molecular weight is 376 g/mol. The lowest BCUT2D eigenvalue weighted by Gasteiger charge is -2.35. The maximum absolute atomic E-state index is 6.35. The molecular weight excluding hydrogens is 352 g/mol. The third-order valence-electron chi connectivity index (χ3n) is 5.83. The number of nitrogens with zero attached hydrogens (tertiary/aromatic N) is 4. The Balaban J connectivity index is 1.35. The van der Waals surface area contributed by atoms with Gasteiger partial charge in [-0.1, -0.05) is 0 Å². The molecule has 1 spiro atoms. The molecule has 2 aromatic heterocycles. The zero-order valence-electron chi connectivity index (χ0n) is 16.0. The van der Waals surface area contributed by atoms with E-state index in [2.05, 4.69) is 43.7 Å². The maximum atomic E-state index is 6.35. The smallest absolute Gasteiger partial charge is 0.135 e. The summed E-state index contributed by atoms with van der Waals surface area (Å²) < 4.78 is 14.0. The van der Waals surface area contributed by atoms with Crippen LogP contribution in [0.4, 0.5) is 0 Å². The molecule has 5 rings (SSSR count). The standard InChI is InChI=1S/C22H24N4O2/c1-27-19-4-2-18(3-5-19)20-12-24-21-14-28-22(16-26(20)21)8-11-25(15-22)13-17-6-9-23-10-7-17/h2-7,9-10,12H,8,11,13-16H2,1H3/t22-/m0/s1. The van der Waals surface area contributed by atoms with Gasteiger partial charge in [0.2, 0.25) is 0 Å². The Morgan fingerprint density at radius 3 is 2.71 bits per heavy atom. The lowest BCUT2D eigenvalue weighted by Crippen LogP contribution is -2.44. The van der Waals surface area contributed by atoms with Gasteiger partial charge in [-0.2, -0.15) is 0 Å². The van der Waals surface area contributed by atoms with Crippen molar-refractivity contribution in [3.05, 3.63) is 66.4 Å². The van der Waals surface area contributed by atoms with E-state index in [1.165, 1.54) is 5.56 Å². The lowest BCUT2D eigenvalue weighted by molar-refractivity contribution is -0.0821. The van der Waals surface area contributed by atoms with Crippen LogP contribution in [0.15, 0.2) is 55.0 Å². The van der Waals surface area contributed by atoms with Crippen LogP contribution in [0.1, 0.15) is 17.8 Å². The summed E-state index contributed by atoms with van der Waals surface area (Å²) >= 11 is 0. The second kappa shape index (κ2) is 7.04. The molecular formula is C22H24N4O2. The number of imidazole rings is 1. The molecule has 0 aliphatic carbocycles. The van der Waals surface area contributed by atoms with E-state index in [9.17, 15) is 0 Å². The minimum Gasteiger partial charge on any atom is -0.497 e. The monoisotopic (exact) mass is 376 g/mol. The van der Waals surface area contributed by atoms with Gasteiger partial charge in [0, 0.05) is 37.6 Å². The van der Waals surface area contributed by atoms with Crippen LogP contribution in [0.3, 0.4) is 0 Å². The zero-order chi connectivity index (χ0) is 19.0. The van der Waals surface area contributed by atoms with Crippen LogP contribution in [0.25, 0.3) is 11.3 Å². The molecule has 6 nitrogen and oxygen atoms in total. The van der Waals surface area contributed by atoms with Gasteiger partial charge in [-0.05, 0) is 48.4 Å². The molecule has 3 aromatic rings. The fourth-order valence-electron chi connectivity index (χ4n) is 4.31. The molecule has 6 heteroatoms. The van der Waals surface area contributed by atoms with Crippen LogP contribution in [-0.4, -0.2) is 45.2 Å². The largest absolute Gasteiger partial charge is 0.497 e. The number of likely N-dealkylation sites (tertiary alicyclic amines) is 1. The molecule has 0 N–H and O–H groups in total. The highest BCUT2D eigenvalue weighted by molar-refractivity contribution is 5.60. The predicted molar refractivity (Wildman–Crippen MR) is 106 cm³/mol. The summed E-state index contributed by atoms with van der Waals surface area (Å²) in [5.74, 6) is 1.87. The number of fused-ring (bicyclic) bond motifs is 1. The molecule has 1 fully saturated rings. The Bertz CT molecular complexity index is 954. The summed E-state index contributed by atoms with van der Waals surface area (Å²) in [6.07, 6.45) is 6.72. The van der Waals surface area contributed by atoms with Gasteiger partial charge in [-0.25, -0.2) is 4.98 Å². The van der Waals surface area contributed by atoms with Crippen molar-refractivity contribution in [2.45, 2.75) is 31.7 Å². The van der Waals surface area contributed by atoms with Crippen molar-refractivity contribution in [2.24, 2.45) is 0 Å². The van der Waals surface area contributed by atoms with Gasteiger partial charge in [0.1, 0.15) is 23.8 Å². The van der Waals surface area contributed by atoms with E-state index in [1.807, 2.05) is 30.7 Å². The van der Waals surface area contributed by atoms with Gasteiger partial charge in [0.15, 0.2) is 0 Å². The van der Waals surface area contributed by atoms with Crippen molar-refractivity contribution in [1.29, 1.82) is 0 Å². The number of rotatable bonds is 4. The number of hydrogen-bond donors (Lipinski definition) is 0. The van der Waals surface area contributed by atoms with Gasteiger partial charge in [-0.3, -0.25) is 9.88 Å². The fourth-order valence-corrected chi connectivity index (χ4v) is 4.31. The van der Waals surface area contributed by atoms with E-state index in [-0.39, 0.29) is 5.60 Å². The van der Waals surface area contributed by atoms with E-state index in [1.54, 1.807) is 7.11 Å². The molecule has 2 aliphatic heterocycles. The Morgan fingerprint density at radius 2 is 1.93 bits per heavy atom. The summed E-state index contributed by atoms with van der Waals surface area (Å²) in [7, 11) is 1.69. The molecule has 28 heavy (non-hydrogen) atoms. The first-order chi connectivity index (χ1) is 13.7. The predicted octanol–water partition coefficient (Wildman–Crippen LogP) is 3.13. The minimum absolute atomic E-state index is 0.137. The van der Waals surface area contributed by atoms with E-state index in [0.717, 1.165) is 55.4 Å². The highest BCUT2D eigenvalue weighted by atomic mass is 16.5. The van der Waals surface area contributed by atoms with Crippen molar-refractivity contribution in [3.8, 4) is 17.0 Å². The molecule has 2 aliphatic rings. The maximum Gasteiger partial charge on any atom is 0.135 e. The first kappa shape index (κ1) is 17.4. The summed E-state index contributed by atoms with van der Waals surface area (Å²) in [6.45, 7) is 4.34. The second-order valence-electron chi connectivity index (χ2n) is 7.66. The van der Waals surface area contributed by atoms with Crippen LogP contribution in [0.5, 0.6) is 5.75 Å². The first-order valence-corrected chi connectivity index (χ1v) is 9.69. The fraction of sp³-hybridized carbons (Fsp3) is 0.364. The molecule has 1 aromatic carbocycles. The number of benzene rings is 1. The van der Waals surface area contributed by atoms with Gasteiger partial charge in [-0.15, -0.1) is 0 Å². The third kappa shape index (κ3) is 3.19. The molecule has 0 radical (unpaired) electrons.